The number of hydrogen-bond acceptors (Lipinski definition) is 4. The summed E-state index contributed by atoms with van der Waals surface area (Å²) in [6, 6.07) is 6.53. The minimum Gasteiger partial charge on any atom is -0.313 e. The molecule has 112 valence electrons. The Hall–Kier alpha value is -1.95. The molecule has 5 nitrogen and oxygen atoms in total. The fraction of sp³-hybridized carbons (Fsp3) is 0.333. The van der Waals surface area contributed by atoms with Crippen molar-refractivity contribution >= 4 is 9.84 Å². The van der Waals surface area contributed by atoms with Gasteiger partial charge < -0.3 is 4.98 Å². The van der Waals surface area contributed by atoms with Crippen LogP contribution < -0.4 is 5.56 Å². The van der Waals surface area contributed by atoms with Crippen molar-refractivity contribution in [3.8, 4) is 0 Å². The van der Waals surface area contributed by atoms with E-state index in [1.165, 1.54) is 12.1 Å². The van der Waals surface area contributed by atoms with Gasteiger partial charge >= 0.3 is 0 Å². The zero-order valence-corrected chi connectivity index (χ0v) is 12.9. The number of nitrogens with one attached hydrogen (secondary N) is 1. The third-order valence-corrected chi connectivity index (χ3v) is 5.03. The molecule has 0 saturated carbocycles. The fourth-order valence-electron chi connectivity index (χ4n) is 2.05. The number of rotatable bonds is 5. The third kappa shape index (κ3) is 3.21. The molecule has 0 bridgehead atoms. The van der Waals surface area contributed by atoms with Gasteiger partial charge in [0.2, 0.25) is 9.84 Å². The van der Waals surface area contributed by atoms with Crippen molar-refractivity contribution in [2.24, 2.45) is 0 Å². The van der Waals surface area contributed by atoms with Crippen molar-refractivity contribution < 1.29 is 8.42 Å². The molecule has 1 aromatic heterocycles. The second-order valence-electron chi connectivity index (χ2n) is 4.94. The van der Waals surface area contributed by atoms with Crippen LogP contribution in [0.15, 0.2) is 45.3 Å². The molecule has 0 unspecified atom stereocenters. The van der Waals surface area contributed by atoms with E-state index >= 15 is 0 Å². The average molecular weight is 306 g/mol. The molecule has 0 saturated heterocycles. The largest absolute Gasteiger partial charge is 0.313 e. The summed E-state index contributed by atoms with van der Waals surface area (Å²) in [6.07, 6.45) is 3.16. The smallest absolute Gasteiger partial charge is 0.255 e. The molecular formula is C15H18N2O3S. The second-order valence-corrected chi connectivity index (χ2v) is 6.80. The minimum atomic E-state index is -3.77. The molecule has 2 aromatic rings. The van der Waals surface area contributed by atoms with E-state index in [0.717, 1.165) is 24.7 Å². The number of aromatic amines is 1. The maximum absolute atomic E-state index is 12.7. The molecule has 0 fully saturated rings. The topological polar surface area (TPSA) is 79.9 Å². The molecule has 0 aliphatic carbocycles. The molecule has 0 atom stereocenters. The summed E-state index contributed by atoms with van der Waals surface area (Å²) in [4.78, 5) is 18.4. The minimum absolute atomic E-state index is 0.136. The molecular weight excluding hydrogens is 288 g/mol. The summed E-state index contributed by atoms with van der Waals surface area (Å²) in [7, 11) is -3.77. The van der Waals surface area contributed by atoms with Gasteiger partial charge in [0.1, 0.15) is 0 Å². The first-order valence-corrected chi connectivity index (χ1v) is 8.33. The Labute approximate surface area is 124 Å². The number of H-pyrrole nitrogens is 1. The Morgan fingerprint density at radius 3 is 2.48 bits per heavy atom. The molecule has 2 rings (SSSR count). The number of aryl methyl sites for hydroxylation is 1. The zero-order chi connectivity index (χ0) is 15.5. The molecule has 1 aromatic carbocycles. The monoisotopic (exact) mass is 306 g/mol. The fourth-order valence-corrected chi connectivity index (χ4v) is 3.47. The van der Waals surface area contributed by atoms with Crippen molar-refractivity contribution in [1.29, 1.82) is 0 Å². The van der Waals surface area contributed by atoms with Crippen molar-refractivity contribution in [3.05, 3.63) is 52.1 Å². The van der Waals surface area contributed by atoms with E-state index in [-0.39, 0.29) is 21.0 Å². The Morgan fingerprint density at radius 1 is 1.19 bits per heavy atom. The summed E-state index contributed by atoms with van der Waals surface area (Å²) in [5.41, 5.74) is 0.822. The van der Waals surface area contributed by atoms with Crippen LogP contribution in [0, 0.1) is 6.92 Å². The van der Waals surface area contributed by atoms with Gasteiger partial charge in [-0.25, -0.2) is 13.4 Å². The highest BCUT2D eigenvalue weighted by atomic mass is 32.2. The summed E-state index contributed by atoms with van der Waals surface area (Å²) < 4.78 is 25.3. The lowest BCUT2D eigenvalue weighted by molar-refractivity contribution is 0.588. The van der Waals surface area contributed by atoms with Gasteiger partial charge in [-0.1, -0.05) is 31.0 Å². The second kappa shape index (κ2) is 6.22. The Bertz CT molecular complexity index is 777. The van der Waals surface area contributed by atoms with Gasteiger partial charge in [-0.2, -0.15) is 0 Å². The normalized spacial score (nSPS) is 11.5. The number of unbranched alkanes of at least 4 members (excludes halogenated alkanes) is 1. The van der Waals surface area contributed by atoms with Crippen LogP contribution in [0.3, 0.4) is 0 Å². The molecule has 21 heavy (non-hydrogen) atoms. The average Bonchev–Trinajstić information content (AvgIpc) is 2.46. The summed E-state index contributed by atoms with van der Waals surface area (Å²) in [5, 5.41) is -0.136. The van der Waals surface area contributed by atoms with Crippen LogP contribution in [0.1, 0.15) is 30.9 Å². The number of hydrogen-bond donors (Lipinski definition) is 1. The van der Waals surface area contributed by atoms with Crippen molar-refractivity contribution in [1.82, 2.24) is 9.97 Å². The van der Waals surface area contributed by atoms with Crippen molar-refractivity contribution in [2.75, 3.05) is 0 Å². The molecule has 0 spiro atoms. The van der Waals surface area contributed by atoms with Crippen LogP contribution in [-0.4, -0.2) is 18.4 Å². The molecule has 0 aliphatic rings. The van der Waals surface area contributed by atoms with Gasteiger partial charge in [-0.05, 0) is 31.9 Å². The summed E-state index contributed by atoms with van der Waals surface area (Å²) in [5.74, 6) is 0. The van der Waals surface area contributed by atoms with E-state index in [1.54, 1.807) is 12.1 Å². The Morgan fingerprint density at radius 2 is 1.86 bits per heavy atom. The highest BCUT2D eigenvalue weighted by Crippen LogP contribution is 2.21. The standard InChI is InChI=1S/C15H18N2O3S/c1-3-4-5-13-14(18)16-10-17-15(13)21(19,20)12-8-6-11(2)7-9-12/h6-10H,3-5H2,1-2H3,(H,16,17,18). The van der Waals surface area contributed by atoms with Gasteiger partial charge in [0.15, 0.2) is 5.03 Å². The number of nitrogens with zero attached hydrogens (tertiary/aromatic N) is 1. The maximum atomic E-state index is 12.7. The molecule has 6 heteroatoms. The first kappa shape index (κ1) is 15.4. The predicted molar refractivity (Wildman–Crippen MR) is 80.1 cm³/mol. The third-order valence-electron chi connectivity index (χ3n) is 3.28. The summed E-state index contributed by atoms with van der Waals surface area (Å²) >= 11 is 0. The maximum Gasteiger partial charge on any atom is 0.255 e. The van der Waals surface area contributed by atoms with Crippen LogP contribution in [0.5, 0.6) is 0 Å². The van der Waals surface area contributed by atoms with Gasteiger partial charge in [0, 0.05) is 0 Å². The lowest BCUT2D eigenvalue weighted by Crippen LogP contribution is -2.20. The van der Waals surface area contributed by atoms with E-state index < -0.39 is 9.84 Å². The Balaban J connectivity index is 2.57. The predicted octanol–water partition coefficient (Wildman–Crippen LogP) is 2.25. The van der Waals surface area contributed by atoms with E-state index in [4.69, 9.17) is 0 Å². The van der Waals surface area contributed by atoms with E-state index in [2.05, 4.69) is 9.97 Å². The molecule has 1 heterocycles. The van der Waals surface area contributed by atoms with Gasteiger partial charge in [0.05, 0.1) is 16.8 Å². The van der Waals surface area contributed by atoms with Crippen LogP contribution in [0.25, 0.3) is 0 Å². The highest BCUT2D eigenvalue weighted by Gasteiger charge is 2.24. The van der Waals surface area contributed by atoms with E-state index in [9.17, 15) is 13.2 Å². The molecule has 0 amide bonds. The first-order chi connectivity index (χ1) is 9.96. The SMILES string of the molecule is CCCCc1c(S(=O)(=O)c2ccc(C)cc2)nc[nH]c1=O. The number of aromatic nitrogens is 2. The first-order valence-electron chi connectivity index (χ1n) is 6.85. The number of sulfone groups is 1. The highest BCUT2D eigenvalue weighted by molar-refractivity contribution is 7.91. The van der Waals surface area contributed by atoms with Crippen LogP contribution >= 0.6 is 0 Å². The van der Waals surface area contributed by atoms with Crippen LogP contribution in [0.2, 0.25) is 0 Å². The van der Waals surface area contributed by atoms with Crippen LogP contribution in [0.4, 0.5) is 0 Å². The molecule has 0 radical (unpaired) electrons. The van der Waals surface area contributed by atoms with E-state index in [1.807, 2.05) is 13.8 Å². The van der Waals surface area contributed by atoms with Gasteiger partial charge in [-0.3, -0.25) is 4.79 Å². The van der Waals surface area contributed by atoms with Crippen molar-refractivity contribution in [3.63, 3.8) is 0 Å². The van der Waals surface area contributed by atoms with E-state index in [0.29, 0.717) is 6.42 Å². The number of benzene rings is 1. The van der Waals surface area contributed by atoms with Crippen LogP contribution in [-0.2, 0) is 16.3 Å². The zero-order valence-electron chi connectivity index (χ0n) is 12.1. The van der Waals surface area contributed by atoms with Crippen molar-refractivity contribution in [2.45, 2.75) is 43.0 Å². The van der Waals surface area contributed by atoms with Gasteiger partial charge in [-0.15, -0.1) is 0 Å². The van der Waals surface area contributed by atoms with Gasteiger partial charge in [0.25, 0.3) is 5.56 Å². The Kier molecular flexibility index (Phi) is 4.57. The molecule has 0 aliphatic heterocycles. The quantitative estimate of drug-likeness (QED) is 0.859. The lowest BCUT2D eigenvalue weighted by atomic mass is 10.1. The lowest BCUT2D eigenvalue weighted by Gasteiger charge is -2.08. The molecule has 1 N–H and O–H groups in total. The summed E-state index contributed by atoms with van der Waals surface area (Å²) in [6.45, 7) is 3.87.